The van der Waals surface area contributed by atoms with Crippen molar-refractivity contribution in [2.24, 2.45) is 17.6 Å². The molecule has 0 saturated carbocycles. The van der Waals surface area contributed by atoms with Crippen LogP contribution in [0, 0.1) is 23.7 Å². The predicted molar refractivity (Wildman–Crippen MR) is 376 cm³/mol. The lowest BCUT2D eigenvalue weighted by molar-refractivity contribution is -0.175. The highest BCUT2D eigenvalue weighted by Gasteiger charge is 2.51. The van der Waals surface area contributed by atoms with Crippen molar-refractivity contribution in [2.45, 2.75) is 148 Å². The number of sulfone groups is 1. The number of nitrogens with one attached hydrogen (secondary N) is 4. The summed E-state index contributed by atoms with van der Waals surface area (Å²) in [7, 11) is -6.06. The van der Waals surface area contributed by atoms with E-state index in [9.17, 15) is 55.8 Å². The number of aromatic nitrogens is 7. The SMILES string of the molecule is C=S(C)(=O)N(CCc1c2c(nc3ccccc13)-c1cc3c(c(=O)n1C2)COC(=O)[C@@]3(CC)OC(=O)OCc1ccc(NC(=O)[C@H](CCCNC(N)=O)CC(=O)[C@@H](NC(=O)COCC(=O)NCCOCCn2cc(CCC(=O)CCCC#Cc3cnc(S(C)(=O)=O)nc3)nn2)C(C)C)cc1)C(C)C. The minimum atomic E-state index is -3.50. The van der Waals surface area contributed by atoms with Crippen LogP contribution in [0.15, 0.2) is 83.1 Å². The van der Waals surface area contributed by atoms with E-state index < -0.39 is 103 Å². The van der Waals surface area contributed by atoms with Crippen LogP contribution in [0.3, 0.4) is 0 Å². The van der Waals surface area contributed by atoms with Gasteiger partial charge < -0.3 is 55.3 Å². The van der Waals surface area contributed by atoms with Crippen molar-refractivity contribution >= 4 is 89.4 Å². The van der Waals surface area contributed by atoms with E-state index in [1.54, 1.807) is 72.8 Å². The van der Waals surface area contributed by atoms with Crippen molar-refractivity contribution in [3.05, 3.63) is 123 Å². The number of carbonyl (C=O) groups excluding carboxylic acids is 8. The average Bonchev–Trinajstić information content (AvgIpc) is 1.50. The molecular weight excluding hydrogens is 1360 g/mol. The van der Waals surface area contributed by atoms with Crippen LogP contribution in [-0.4, -0.2) is 175 Å². The first-order valence-corrected chi connectivity index (χ1v) is 37.4. The van der Waals surface area contributed by atoms with Crippen LogP contribution >= 0.6 is 0 Å². The number of nitrogens with two attached hydrogens (primary N) is 1. The largest absolute Gasteiger partial charge is 0.510 e. The first-order chi connectivity index (χ1) is 48.5. The summed E-state index contributed by atoms with van der Waals surface area (Å²) in [4.78, 5) is 132. The second-order valence-corrected chi connectivity index (χ2v) is 29.8. The Labute approximate surface area is 591 Å². The van der Waals surface area contributed by atoms with Crippen molar-refractivity contribution in [3.8, 4) is 23.2 Å². The molecule has 8 rings (SSSR count). The first-order valence-electron chi connectivity index (χ1n) is 33.4. The maximum atomic E-state index is 14.5. The zero-order chi connectivity index (χ0) is 73.9. The molecule has 4 aromatic heterocycles. The third kappa shape index (κ3) is 21.1. The van der Waals surface area contributed by atoms with Gasteiger partial charge in [0.1, 0.15) is 32.2 Å². The maximum Gasteiger partial charge on any atom is 0.510 e. The van der Waals surface area contributed by atoms with Crippen molar-refractivity contribution in [1.29, 1.82) is 0 Å². The Balaban J connectivity index is 0.767. The fourth-order valence-corrected chi connectivity index (χ4v) is 13.7. The Bertz CT molecular complexity index is 4440. The Hall–Kier alpha value is -9.81. The minimum Gasteiger partial charge on any atom is -0.457 e. The summed E-state index contributed by atoms with van der Waals surface area (Å²) in [6.07, 6.45) is 8.29. The number of ether oxygens (including phenoxy) is 5. The molecule has 0 fully saturated rings. The molecule has 2 aromatic carbocycles. The van der Waals surface area contributed by atoms with E-state index in [0.717, 1.165) is 22.8 Å². The number of primary amides is 1. The Morgan fingerprint density at radius 3 is 2.31 bits per heavy atom. The lowest BCUT2D eigenvalue weighted by Gasteiger charge is -2.35. The Morgan fingerprint density at radius 1 is 0.882 bits per heavy atom. The molecule has 32 heteroatoms. The van der Waals surface area contributed by atoms with E-state index in [0.29, 0.717) is 84.6 Å². The summed E-state index contributed by atoms with van der Waals surface area (Å²) in [5.41, 5.74) is 8.27. The molecule has 102 heavy (non-hydrogen) atoms. The number of para-hydroxylation sites is 1. The van der Waals surface area contributed by atoms with E-state index in [2.05, 4.69) is 59.3 Å². The van der Waals surface area contributed by atoms with Crippen LogP contribution in [-0.2, 0) is 117 Å². The van der Waals surface area contributed by atoms with Gasteiger partial charge in [-0.2, -0.15) is 0 Å². The van der Waals surface area contributed by atoms with Gasteiger partial charge in [-0.3, -0.25) is 33.0 Å². The molecule has 0 saturated heterocycles. The zero-order valence-electron chi connectivity index (χ0n) is 58.2. The highest BCUT2D eigenvalue weighted by molar-refractivity contribution is 7.97. The van der Waals surface area contributed by atoms with E-state index in [1.165, 1.54) is 12.4 Å². The van der Waals surface area contributed by atoms with Crippen LogP contribution in [0.1, 0.15) is 125 Å². The molecule has 6 aromatic rings. The van der Waals surface area contributed by atoms with Crippen LogP contribution in [0.5, 0.6) is 0 Å². The topological polar surface area (TPSA) is 403 Å². The van der Waals surface area contributed by atoms with Crippen molar-refractivity contribution in [1.82, 2.24) is 54.8 Å². The fraction of sp³-hybridized carbons (Fsp3) is 0.471. The molecular formula is C70H87N13O17S2. The predicted octanol–water partition coefficient (Wildman–Crippen LogP) is 4.42. The molecule has 5 amide bonds. The Morgan fingerprint density at radius 2 is 1.62 bits per heavy atom. The number of nitrogens with zero attached hydrogens (tertiary/aromatic N) is 8. The lowest BCUT2D eigenvalue weighted by Crippen LogP contribution is -2.47. The van der Waals surface area contributed by atoms with Gasteiger partial charge in [0.25, 0.3) is 5.56 Å². The van der Waals surface area contributed by atoms with E-state index >= 15 is 0 Å². The minimum absolute atomic E-state index is 0.0517. The van der Waals surface area contributed by atoms with Gasteiger partial charge in [-0.1, -0.05) is 68.2 Å². The van der Waals surface area contributed by atoms with E-state index in [1.807, 2.05) is 42.4 Å². The van der Waals surface area contributed by atoms with Gasteiger partial charge in [0, 0.05) is 120 Å². The second kappa shape index (κ2) is 35.7. The summed E-state index contributed by atoms with van der Waals surface area (Å²) in [6, 6.07) is 13.6. The average molecular weight is 1450 g/mol. The molecule has 0 radical (unpaired) electrons. The van der Waals surface area contributed by atoms with E-state index in [4.69, 9.17) is 34.4 Å². The van der Waals surface area contributed by atoms with Gasteiger partial charge in [0.2, 0.25) is 38.3 Å². The third-order valence-electron chi connectivity index (χ3n) is 17.0. The van der Waals surface area contributed by atoms with Gasteiger partial charge in [0.15, 0.2) is 5.78 Å². The molecule has 546 valence electrons. The van der Waals surface area contributed by atoms with Gasteiger partial charge >= 0.3 is 18.2 Å². The normalized spacial score (nSPS) is 15.0. The Kier molecular flexibility index (Phi) is 27.3. The molecule has 1 unspecified atom stereocenters. The number of hydrogen-bond acceptors (Lipinski definition) is 22. The molecule has 30 nitrogen and oxygen atoms in total. The van der Waals surface area contributed by atoms with Crippen LogP contribution in [0.4, 0.5) is 15.3 Å². The quantitative estimate of drug-likeness (QED) is 0.0118. The number of fused-ring (bicyclic) bond motifs is 5. The number of aryl methyl sites for hydroxylation is 1. The number of carbonyl (C=O) groups is 8. The zero-order valence-corrected chi connectivity index (χ0v) is 59.8. The number of benzene rings is 2. The van der Waals surface area contributed by atoms with Gasteiger partial charge in [-0.25, -0.2) is 46.7 Å². The maximum absolute atomic E-state index is 14.5. The monoisotopic (exact) mass is 1450 g/mol. The van der Waals surface area contributed by atoms with Crippen molar-refractivity contribution < 1.29 is 74.7 Å². The summed E-state index contributed by atoms with van der Waals surface area (Å²) in [6.45, 7) is 8.87. The number of hydrogen-bond donors (Lipinski definition) is 5. The number of ketones is 2. The molecule has 0 bridgehead atoms. The van der Waals surface area contributed by atoms with E-state index in [-0.39, 0.29) is 106 Å². The molecule has 4 atom stereocenters. The van der Waals surface area contributed by atoms with Crippen LogP contribution < -0.4 is 32.6 Å². The number of cyclic esters (lactones) is 1. The molecule has 2 aliphatic rings. The van der Waals surface area contributed by atoms with Gasteiger partial charge in [-0.05, 0) is 99.6 Å². The number of esters is 1. The number of amides is 5. The third-order valence-corrected chi connectivity index (χ3v) is 19.5. The van der Waals surface area contributed by atoms with Gasteiger partial charge in [0.05, 0.1) is 66.1 Å². The number of rotatable bonds is 37. The number of anilines is 1. The number of unbranched alkanes of at least 4 members (excludes halogenated alkanes) is 1. The standard InChI is InChI=1S/C70H87N13O17S2/c1-9-70(56-35-58-63-54(39-82(58)65(89)55(56)41-98-66(70)90)52(53-19-13-14-20-57(53)77-63)27-30-83(45(4)5)101(6,7)93)100-69(92)99-40-46-21-23-49(24-22-46)76-64(88)48(17-15-28-73-67(71)91)34-59(85)62(44(2)3)78-61(87)43-97-42-60(86)72-29-32-96-33-31-81-38-50(79-80-81)25-26-51(84)18-12-10-11-16-47-36-74-68(75-37-47)102(8,94)95/h13-14,19-24,35-38,44-45,48,62H,6,9-10,12,15,17-18,25-34,39-43H2,1-5,7-8H3,(H,72,86)(H,76,88)(H,78,87)(H3,71,73,91)/t48-,62+,70+,101?/m1/s1. The number of pyridine rings is 2. The fourth-order valence-electron chi connectivity index (χ4n) is 11.9. The summed E-state index contributed by atoms with van der Waals surface area (Å²) in [5.74, 6) is 5.32. The van der Waals surface area contributed by atoms with Crippen molar-refractivity contribution in [2.75, 3.05) is 63.9 Å². The van der Waals surface area contributed by atoms with Gasteiger partial charge in [-0.15, -0.1) is 5.10 Å². The molecule has 6 heterocycles. The molecule has 0 spiro atoms. The van der Waals surface area contributed by atoms with Crippen LogP contribution in [0.25, 0.3) is 22.3 Å². The number of Topliss-reactive ketones (excluding diaryl/α,β-unsaturated/α-hetero) is 2. The summed E-state index contributed by atoms with van der Waals surface area (Å²) >= 11 is 0. The lowest BCUT2D eigenvalue weighted by atomic mass is 9.85. The second-order valence-electron chi connectivity index (χ2n) is 25.5. The summed E-state index contributed by atoms with van der Waals surface area (Å²) < 4.78 is 69.3. The molecule has 0 aliphatic carbocycles. The smallest absolute Gasteiger partial charge is 0.457 e. The molecule has 2 aliphatic heterocycles. The number of urea groups is 1. The first kappa shape index (κ1) is 77.9. The van der Waals surface area contributed by atoms with Crippen LogP contribution in [0.2, 0.25) is 0 Å². The highest BCUT2D eigenvalue weighted by Crippen LogP contribution is 2.42. The van der Waals surface area contributed by atoms with Crippen molar-refractivity contribution in [3.63, 3.8) is 0 Å². The molecule has 6 N–H and O–H groups in total. The highest BCUT2D eigenvalue weighted by atomic mass is 32.2. The summed E-state index contributed by atoms with van der Waals surface area (Å²) in [5, 5.41) is 19.4.